The first kappa shape index (κ1) is 13.8. The van der Waals surface area contributed by atoms with Crippen LogP contribution in [0.4, 0.5) is 16.0 Å². The van der Waals surface area contributed by atoms with Crippen molar-refractivity contribution in [1.82, 2.24) is 9.97 Å². The highest BCUT2D eigenvalue weighted by Gasteiger charge is 2.22. The van der Waals surface area contributed by atoms with E-state index in [1.165, 1.54) is 12.1 Å². The molecule has 0 saturated carbocycles. The first-order valence-electron chi connectivity index (χ1n) is 7.25. The Morgan fingerprint density at radius 2 is 2.10 bits per heavy atom. The highest BCUT2D eigenvalue weighted by molar-refractivity contribution is 5.47. The maximum absolute atomic E-state index is 12.9. The Morgan fingerprint density at radius 1 is 1.29 bits per heavy atom. The van der Waals surface area contributed by atoms with E-state index in [-0.39, 0.29) is 5.82 Å². The molecule has 0 amide bonds. The van der Waals surface area contributed by atoms with Crippen molar-refractivity contribution in [3.63, 3.8) is 0 Å². The fourth-order valence-electron chi connectivity index (χ4n) is 2.66. The van der Waals surface area contributed by atoms with E-state index in [2.05, 4.69) is 20.2 Å². The van der Waals surface area contributed by atoms with E-state index in [0.717, 1.165) is 37.4 Å². The molecule has 1 fully saturated rings. The number of nitrogens with zero attached hydrogens (tertiary/aromatic N) is 3. The lowest BCUT2D eigenvalue weighted by Gasteiger charge is -2.18. The molecule has 4 nitrogen and oxygen atoms in total. The van der Waals surface area contributed by atoms with E-state index in [0.29, 0.717) is 11.9 Å². The Hall–Kier alpha value is -2.17. The Bertz CT molecular complexity index is 599. The number of hydrogen-bond donors (Lipinski definition) is 1. The van der Waals surface area contributed by atoms with Crippen molar-refractivity contribution in [3.8, 4) is 0 Å². The molecule has 1 saturated heterocycles. The van der Waals surface area contributed by atoms with Gasteiger partial charge in [0.2, 0.25) is 5.95 Å². The molecule has 0 unspecified atom stereocenters. The summed E-state index contributed by atoms with van der Waals surface area (Å²) >= 11 is 0. The van der Waals surface area contributed by atoms with Crippen LogP contribution < -0.4 is 10.2 Å². The number of benzene rings is 1. The van der Waals surface area contributed by atoms with Crippen LogP contribution in [-0.4, -0.2) is 29.6 Å². The second-order valence-electron chi connectivity index (χ2n) is 5.48. The molecule has 1 aliphatic rings. The summed E-state index contributed by atoms with van der Waals surface area (Å²) in [5, 5.41) is 3.30. The molecule has 110 valence electrons. The molecule has 5 heteroatoms. The quantitative estimate of drug-likeness (QED) is 0.938. The van der Waals surface area contributed by atoms with Crippen LogP contribution >= 0.6 is 0 Å². The van der Waals surface area contributed by atoms with Gasteiger partial charge in [-0.25, -0.2) is 14.4 Å². The van der Waals surface area contributed by atoms with Crippen LogP contribution in [0.5, 0.6) is 0 Å². The summed E-state index contributed by atoms with van der Waals surface area (Å²) in [5.41, 5.74) is 2.05. The third kappa shape index (κ3) is 3.48. The average Bonchev–Trinajstić information content (AvgIpc) is 2.95. The molecule has 1 aromatic heterocycles. The Labute approximate surface area is 124 Å². The first-order valence-corrected chi connectivity index (χ1v) is 7.25. The molecule has 1 aliphatic heterocycles. The minimum atomic E-state index is -0.187. The van der Waals surface area contributed by atoms with Gasteiger partial charge in [0.15, 0.2) is 0 Å². The summed E-state index contributed by atoms with van der Waals surface area (Å²) in [4.78, 5) is 10.8. The summed E-state index contributed by atoms with van der Waals surface area (Å²) in [6.07, 6.45) is 2.89. The van der Waals surface area contributed by atoms with Gasteiger partial charge in [0.05, 0.1) is 0 Å². The summed E-state index contributed by atoms with van der Waals surface area (Å²) < 4.78 is 12.9. The number of nitrogens with one attached hydrogen (secondary N) is 1. The maximum atomic E-state index is 12.9. The first-order chi connectivity index (χ1) is 10.2. The lowest BCUT2D eigenvalue weighted by molar-refractivity contribution is 0.619. The van der Waals surface area contributed by atoms with Crippen LogP contribution in [0, 0.1) is 18.7 Å². The van der Waals surface area contributed by atoms with Crippen molar-refractivity contribution >= 4 is 11.6 Å². The predicted octanol–water partition coefficient (Wildman–Crippen LogP) is 2.86. The fourth-order valence-corrected chi connectivity index (χ4v) is 2.66. The molecular weight excluding hydrogens is 267 g/mol. The maximum Gasteiger partial charge on any atom is 0.222 e. The number of aryl methyl sites for hydroxylation is 1. The largest absolute Gasteiger partial charge is 0.371 e. The lowest BCUT2D eigenvalue weighted by atomic mass is 10.1. The molecule has 0 bridgehead atoms. The van der Waals surface area contributed by atoms with E-state index in [1.807, 2.05) is 25.1 Å². The van der Waals surface area contributed by atoms with Crippen molar-refractivity contribution < 1.29 is 4.39 Å². The molecule has 1 aromatic carbocycles. The van der Waals surface area contributed by atoms with Crippen LogP contribution in [0.1, 0.15) is 12.1 Å². The molecule has 2 aromatic rings. The summed E-state index contributed by atoms with van der Waals surface area (Å²) in [6.45, 7) is 4.80. The van der Waals surface area contributed by atoms with Crippen molar-refractivity contribution in [1.29, 1.82) is 0 Å². The SMILES string of the molecule is Cc1ccnc(NC[C@@H]2CCN(c3ccc(F)cc3)C2)n1. The minimum absolute atomic E-state index is 0.187. The van der Waals surface area contributed by atoms with Crippen molar-refractivity contribution in [2.75, 3.05) is 29.9 Å². The molecule has 0 aliphatic carbocycles. The third-order valence-corrected chi connectivity index (χ3v) is 3.82. The molecular formula is C16H19FN4. The van der Waals surface area contributed by atoms with Crippen LogP contribution in [0.15, 0.2) is 36.5 Å². The van der Waals surface area contributed by atoms with Crippen LogP contribution in [0.25, 0.3) is 0 Å². The third-order valence-electron chi connectivity index (χ3n) is 3.82. The number of rotatable bonds is 4. The molecule has 0 spiro atoms. The predicted molar refractivity (Wildman–Crippen MR) is 82.0 cm³/mol. The van der Waals surface area contributed by atoms with E-state index < -0.39 is 0 Å². The second-order valence-corrected chi connectivity index (χ2v) is 5.48. The molecule has 3 rings (SSSR count). The van der Waals surface area contributed by atoms with Crippen LogP contribution in [0.3, 0.4) is 0 Å². The Balaban J connectivity index is 1.54. The van der Waals surface area contributed by atoms with Gasteiger partial charge in [-0.15, -0.1) is 0 Å². The normalized spacial score (nSPS) is 18.0. The van der Waals surface area contributed by atoms with Gasteiger partial charge in [0, 0.05) is 37.2 Å². The summed E-state index contributed by atoms with van der Waals surface area (Å²) in [7, 11) is 0. The zero-order chi connectivity index (χ0) is 14.7. The van der Waals surface area contributed by atoms with E-state index in [4.69, 9.17) is 0 Å². The molecule has 21 heavy (non-hydrogen) atoms. The summed E-state index contributed by atoms with van der Waals surface area (Å²) in [6, 6.07) is 8.60. The molecule has 1 atom stereocenters. The lowest BCUT2D eigenvalue weighted by Crippen LogP contribution is -2.22. The molecule has 0 radical (unpaired) electrons. The van der Waals surface area contributed by atoms with Gasteiger partial charge < -0.3 is 10.2 Å². The Kier molecular flexibility index (Phi) is 3.99. The highest BCUT2D eigenvalue weighted by Crippen LogP contribution is 2.24. The zero-order valence-electron chi connectivity index (χ0n) is 12.1. The highest BCUT2D eigenvalue weighted by atomic mass is 19.1. The van der Waals surface area contributed by atoms with Gasteiger partial charge in [-0.05, 0) is 49.6 Å². The van der Waals surface area contributed by atoms with E-state index in [9.17, 15) is 4.39 Å². The standard InChI is InChI=1S/C16H19FN4/c1-12-6-8-18-16(20-12)19-10-13-7-9-21(11-13)15-4-2-14(17)3-5-15/h2-6,8,13H,7,9-11H2,1H3,(H,18,19,20)/t13-/m0/s1. The summed E-state index contributed by atoms with van der Waals surface area (Å²) in [5.74, 6) is 1.06. The topological polar surface area (TPSA) is 41.1 Å². The minimum Gasteiger partial charge on any atom is -0.371 e. The van der Waals surface area contributed by atoms with Crippen LogP contribution in [0.2, 0.25) is 0 Å². The number of halogens is 1. The van der Waals surface area contributed by atoms with Crippen molar-refractivity contribution in [2.24, 2.45) is 5.92 Å². The zero-order valence-corrected chi connectivity index (χ0v) is 12.1. The van der Waals surface area contributed by atoms with E-state index in [1.54, 1.807) is 6.20 Å². The smallest absolute Gasteiger partial charge is 0.222 e. The van der Waals surface area contributed by atoms with Crippen molar-refractivity contribution in [2.45, 2.75) is 13.3 Å². The fraction of sp³-hybridized carbons (Fsp3) is 0.375. The number of hydrogen-bond acceptors (Lipinski definition) is 4. The van der Waals surface area contributed by atoms with Gasteiger partial charge in [-0.2, -0.15) is 0 Å². The van der Waals surface area contributed by atoms with Crippen LogP contribution in [-0.2, 0) is 0 Å². The van der Waals surface area contributed by atoms with Gasteiger partial charge in [-0.3, -0.25) is 0 Å². The van der Waals surface area contributed by atoms with Gasteiger partial charge in [-0.1, -0.05) is 0 Å². The van der Waals surface area contributed by atoms with Gasteiger partial charge in [0.1, 0.15) is 5.82 Å². The number of aromatic nitrogens is 2. The van der Waals surface area contributed by atoms with Gasteiger partial charge >= 0.3 is 0 Å². The molecule has 2 heterocycles. The molecule has 1 N–H and O–H groups in total. The second kappa shape index (κ2) is 6.08. The number of anilines is 2. The monoisotopic (exact) mass is 286 g/mol. The average molecular weight is 286 g/mol. The van der Waals surface area contributed by atoms with E-state index >= 15 is 0 Å². The Morgan fingerprint density at radius 3 is 2.86 bits per heavy atom. The van der Waals surface area contributed by atoms with Crippen molar-refractivity contribution in [3.05, 3.63) is 48.0 Å². The van der Waals surface area contributed by atoms with Gasteiger partial charge in [0.25, 0.3) is 0 Å².